The van der Waals surface area contributed by atoms with Crippen LogP contribution in [0, 0.1) is 24.7 Å². The van der Waals surface area contributed by atoms with Crippen LogP contribution in [0.3, 0.4) is 0 Å². The van der Waals surface area contributed by atoms with Gasteiger partial charge < -0.3 is 21.7 Å². The van der Waals surface area contributed by atoms with E-state index in [1.165, 1.54) is 27.1 Å². The summed E-state index contributed by atoms with van der Waals surface area (Å²) in [5.74, 6) is 6.02. The van der Waals surface area contributed by atoms with Gasteiger partial charge in [-0.2, -0.15) is 0 Å². The minimum absolute atomic E-state index is 0. The second-order valence-corrected chi connectivity index (χ2v) is 19.0. The molecule has 0 saturated carbocycles. The zero-order valence-electron chi connectivity index (χ0n) is 31.8. The van der Waals surface area contributed by atoms with E-state index in [2.05, 4.69) is 133 Å². The molecule has 59 heavy (non-hydrogen) atoms. The molecular formula is C53H38Ag2O2P2+2. The van der Waals surface area contributed by atoms with E-state index >= 15 is 0 Å². The number of rotatable bonds is 6. The maximum Gasteiger partial charge on any atom is 1.00 e. The van der Waals surface area contributed by atoms with E-state index in [-0.39, 0.29) is 44.8 Å². The van der Waals surface area contributed by atoms with Gasteiger partial charge in [-0.1, -0.05) is 145 Å². The van der Waals surface area contributed by atoms with Gasteiger partial charge in [-0.05, 0) is 60.7 Å². The average molecular weight is 985 g/mol. The van der Waals surface area contributed by atoms with E-state index in [1.807, 2.05) is 84.9 Å². The molecule has 292 valence electrons. The molecule has 8 aromatic carbocycles. The van der Waals surface area contributed by atoms with Crippen LogP contribution in [0.1, 0.15) is 11.1 Å². The van der Waals surface area contributed by atoms with Crippen molar-refractivity contribution in [3.63, 3.8) is 0 Å². The molecule has 0 unspecified atom stereocenters. The van der Waals surface area contributed by atoms with Crippen molar-refractivity contribution in [1.29, 1.82) is 0 Å². The third-order valence-electron chi connectivity index (χ3n) is 9.92. The first kappa shape index (κ1) is 43.4. The van der Waals surface area contributed by atoms with E-state index in [9.17, 15) is 0 Å². The van der Waals surface area contributed by atoms with Crippen LogP contribution in [0.2, 0.25) is 0 Å². The average Bonchev–Trinajstić information content (AvgIpc) is 3.87. The topological polar surface area (TPSA) is 26.3 Å². The fourth-order valence-corrected chi connectivity index (χ4v) is 14.9. The van der Waals surface area contributed by atoms with Gasteiger partial charge in [0.05, 0.1) is 11.2 Å². The van der Waals surface area contributed by atoms with Crippen LogP contribution < -0.4 is 21.2 Å². The number of para-hydroxylation sites is 4. The Labute approximate surface area is 379 Å². The van der Waals surface area contributed by atoms with Gasteiger partial charge in [-0.3, -0.25) is 11.8 Å². The molecule has 10 rings (SSSR count). The largest absolute Gasteiger partial charge is 1.00 e. The van der Waals surface area contributed by atoms with Gasteiger partial charge >= 0.3 is 44.8 Å². The Morgan fingerprint density at radius 3 is 0.949 bits per heavy atom. The monoisotopic (exact) mass is 982 g/mol. The molecule has 2 nitrogen and oxygen atoms in total. The Bertz CT molecular complexity index is 2680. The fourth-order valence-electron chi connectivity index (χ4n) is 7.17. The first-order valence-electron chi connectivity index (χ1n) is 18.8. The van der Waals surface area contributed by atoms with Crippen molar-refractivity contribution < 1.29 is 53.6 Å². The molecule has 10 aromatic rings. The van der Waals surface area contributed by atoms with Crippen molar-refractivity contribution in [3.8, 4) is 11.8 Å². The van der Waals surface area contributed by atoms with Crippen LogP contribution >= 0.6 is 15.8 Å². The molecule has 0 atom stereocenters. The van der Waals surface area contributed by atoms with Gasteiger partial charge in [0.25, 0.3) is 0 Å². The number of hydrogen-bond acceptors (Lipinski definition) is 2. The maximum atomic E-state index is 7.19. The molecule has 0 fully saturated rings. The normalized spacial score (nSPS) is 10.4. The number of benzene rings is 8. The summed E-state index contributed by atoms with van der Waals surface area (Å²) in [6, 6.07) is 71.7. The van der Waals surface area contributed by atoms with Crippen molar-refractivity contribution in [2.24, 2.45) is 0 Å². The van der Waals surface area contributed by atoms with Crippen molar-refractivity contribution >= 4 is 80.9 Å². The summed E-state index contributed by atoms with van der Waals surface area (Å²) >= 11 is 0. The van der Waals surface area contributed by atoms with Crippen LogP contribution in [0.4, 0.5) is 0 Å². The summed E-state index contributed by atoms with van der Waals surface area (Å²) in [4.78, 5) is 0. The summed E-state index contributed by atoms with van der Waals surface area (Å²) in [6.45, 7) is 0. The number of furan rings is 2. The molecule has 0 saturated heterocycles. The molecule has 6 heteroatoms. The second-order valence-electron chi connectivity index (χ2n) is 13.4. The van der Waals surface area contributed by atoms with Crippen molar-refractivity contribution in [2.45, 2.75) is 0 Å². The van der Waals surface area contributed by atoms with E-state index in [0.717, 1.165) is 43.9 Å². The summed E-state index contributed by atoms with van der Waals surface area (Å²) in [6.07, 6.45) is 14.4. The predicted molar refractivity (Wildman–Crippen MR) is 246 cm³/mol. The summed E-state index contributed by atoms with van der Waals surface area (Å²) < 4.78 is 11.4. The van der Waals surface area contributed by atoms with Gasteiger partial charge in [0, 0.05) is 21.5 Å². The fraction of sp³-hybridized carbons (Fsp3) is 0.0189. The van der Waals surface area contributed by atoms with Gasteiger partial charge in [0.2, 0.25) is 0 Å². The Balaban J connectivity index is 0.000000156. The van der Waals surface area contributed by atoms with Gasteiger partial charge in [0.1, 0.15) is 48.2 Å². The molecule has 0 radical (unpaired) electrons. The first-order chi connectivity index (χ1) is 28.2. The maximum absolute atomic E-state index is 7.19. The minimum Gasteiger partial charge on any atom is -0.474 e. The quantitative estimate of drug-likeness (QED) is 0.0718. The molecule has 0 aliphatic heterocycles. The smallest absolute Gasteiger partial charge is 0.474 e. The second kappa shape index (κ2) is 21.2. The Hall–Kier alpha value is -5.18. The molecule has 0 N–H and O–H groups in total. The van der Waals surface area contributed by atoms with Crippen LogP contribution in [-0.4, -0.2) is 5.90 Å². The third-order valence-corrected chi connectivity index (χ3v) is 16.9. The van der Waals surface area contributed by atoms with E-state index in [4.69, 9.17) is 21.7 Å². The van der Waals surface area contributed by atoms with E-state index in [0.29, 0.717) is 11.1 Å². The van der Waals surface area contributed by atoms with Crippen LogP contribution in [0.5, 0.6) is 0 Å². The zero-order chi connectivity index (χ0) is 38.8. The number of fused-ring (bicyclic) bond motifs is 6. The molecule has 0 aliphatic carbocycles. The summed E-state index contributed by atoms with van der Waals surface area (Å²) in [5, 5.41) is 10.3. The summed E-state index contributed by atoms with van der Waals surface area (Å²) in [7, 11) is -1.69. The zero-order valence-corrected chi connectivity index (χ0v) is 36.7. The van der Waals surface area contributed by atoms with Crippen LogP contribution in [-0.2, 0) is 44.8 Å². The summed E-state index contributed by atoms with van der Waals surface area (Å²) in [5.41, 5.74) is 4.60. The molecule has 2 heterocycles. The Morgan fingerprint density at radius 2 is 0.627 bits per heavy atom. The van der Waals surface area contributed by atoms with Gasteiger partial charge in [0.15, 0.2) is 5.90 Å². The predicted octanol–water partition coefficient (Wildman–Crippen LogP) is 11.7. The van der Waals surface area contributed by atoms with Crippen LogP contribution in [0.15, 0.2) is 215 Å². The van der Waals surface area contributed by atoms with Crippen molar-refractivity contribution in [2.75, 3.05) is 5.90 Å². The van der Waals surface area contributed by atoms with Gasteiger partial charge in [-0.15, -0.1) is 12.1 Å². The minimum atomic E-state index is -0.847. The van der Waals surface area contributed by atoms with Crippen LogP contribution in [0.25, 0.3) is 43.9 Å². The molecule has 0 bridgehead atoms. The Morgan fingerprint density at radius 1 is 0.339 bits per heavy atom. The first-order valence-corrected chi connectivity index (χ1v) is 22.2. The number of hydrogen-bond donors (Lipinski definition) is 0. The SMILES string of the molecule is [Ag+].[Ag+].[C-]#Cc1cccc2c1oc1ccccc12.[C-]#Cc1cccc2c1oc1ccccc12.c1ccc([PH+](C[PH+](c2ccccc2)c2ccccc2)c2ccccc2)cc1. The molecular weight excluding hydrogens is 946 g/mol. The van der Waals surface area contributed by atoms with Crippen molar-refractivity contribution in [3.05, 3.63) is 230 Å². The van der Waals surface area contributed by atoms with E-state index < -0.39 is 15.8 Å². The van der Waals surface area contributed by atoms with Gasteiger partial charge in [-0.25, -0.2) is 0 Å². The molecule has 2 aromatic heterocycles. The third kappa shape index (κ3) is 10.00. The molecule has 0 amide bonds. The van der Waals surface area contributed by atoms with E-state index in [1.54, 1.807) is 0 Å². The molecule has 0 aliphatic rings. The Kier molecular flexibility index (Phi) is 15.6. The molecule has 0 spiro atoms. The van der Waals surface area contributed by atoms with Crippen molar-refractivity contribution in [1.82, 2.24) is 0 Å². The standard InChI is InChI=1S/C25H22P2.2C14H7O.2Ag/c1-5-13-22(14-6-1)26(23-15-7-2-8-16-23)21-27(24-17-9-3-10-18-24)25-19-11-4-12-20-25;2*1-2-10-6-5-8-12-11-7-3-4-9-13(11)15-14(10)12;;/h1-20H,21H2;2*3-9H;;/q;2*-1;2*+1/p+2.